The third-order valence-corrected chi connectivity index (χ3v) is 5.91. The standard InChI is InChI=1S/C24H32N4OS/c25-24(30-20-22-9-3-1-4-10-22)27-26-19-21-11-13-23(14-12-21)29-18-8-7-17-28-15-5-2-6-16-28/h1,3-4,9-14,19H,2,5-8,15-18,20H2,(H2,25,27). The molecule has 1 aliphatic rings. The monoisotopic (exact) mass is 424 g/mol. The number of nitrogens with two attached hydrogens (primary N) is 1. The van der Waals surface area contributed by atoms with Gasteiger partial charge < -0.3 is 15.4 Å². The van der Waals surface area contributed by atoms with Crippen molar-refractivity contribution in [1.29, 1.82) is 0 Å². The molecule has 0 radical (unpaired) electrons. The number of unbranched alkanes of at least 4 members (excludes halogenated alkanes) is 1. The van der Waals surface area contributed by atoms with Crippen LogP contribution >= 0.6 is 11.8 Å². The number of rotatable bonds is 10. The molecule has 1 heterocycles. The molecule has 0 saturated carbocycles. The number of nitrogens with zero attached hydrogens (tertiary/aromatic N) is 3. The van der Waals surface area contributed by atoms with Gasteiger partial charge in [0.05, 0.1) is 12.8 Å². The lowest BCUT2D eigenvalue weighted by atomic mass is 10.1. The van der Waals surface area contributed by atoms with Crippen molar-refractivity contribution in [2.24, 2.45) is 15.9 Å². The predicted octanol–water partition coefficient (Wildman–Crippen LogP) is 4.91. The van der Waals surface area contributed by atoms with Crippen molar-refractivity contribution >= 4 is 23.1 Å². The van der Waals surface area contributed by atoms with E-state index in [1.54, 1.807) is 6.21 Å². The van der Waals surface area contributed by atoms with E-state index in [1.807, 2.05) is 42.5 Å². The Morgan fingerprint density at radius 2 is 1.77 bits per heavy atom. The Hall–Kier alpha value is -2.31. The summed E-state index contributed by atoms with van der Waals surface area (Å²) in [6, 6.07) is 18.1. The zero-order chi connectivity index (χ0) is 20.9. The largest absolute Gasteiger partial charge is 0.494 e. The van der Waals surface area contributed by atoms with Crippen LogP contribution in [0.3, 0.4) is 0 Å². The number of thioether (sulfide) groups is 1. The molecule has 160 valence electrons. The summed E-state index contributed by atoms with van der Waals surface area (Å²) < 4.78 is 5.85. The number of piperidine rings is 1. The third-order valence-electron chi connectivity index (χ3n) is 5.06. The van der Waals surface area contributed by atoms with E-state index >= 15 is 0 Å². The molecule has 3 rings (SSSR count). The molecule has 0 spiro atoms. The molecule has 6 heteroatoms. The Labute approximate surface area is 184 Å². The SMILES string of the molecule is NC(=NN=Cc1ccc(OCCCCN2CCCCC2)cc1)SCc1ccccc1. The molecule has 1 fully saturated rings. The van der Waals surface area contributed by atoms with E-state index < -0.39 is 0 Å². The van der Waals surface area contributed by atoms with Crippen molar-refractivity contribution in [2.45, 2.75) is 37.9 Å². The lowest BCUT2D eigenvalue weighted by Gasteiger charge is -2.26. The fourth-order valence-electron chi connectivity index (χ4n) is 3.37. The van der Waals surface area contributed by atoms with Gasteiger partial charge in [-0.2, -0.15) is 5.10 Å². The Bertz CT molecular complexity index is 787. The number of ether oxygens (including phenoxy) is 1. The average molecular weight is 425 g/mol. The van der Waals surface area contributed by atoms with E-state index in [4.69, 9.17) is 10.5 Å². The second kappa shape index (κ2) is 13.1. The first-order chi connectivity index (χ1) is 14.8. The molecule has 0 aliphatic carbocycles. The van der Waals surface area contributed by atoms with Crippen LogP contribution in [-0.2, 0) is 5.75 Å². The topological polar surface area (TPSA) is 63.2 Å². The molecule has 0 bridgehead atoms. The average Bonchev–Trinajstić information content (AvgIpc) is 2.80. The van der Waals surface area contributed by atoms with E-state index in [0.29, 0.717) is 5.17 Å². The van der Waals surface area contributed by atoms with Crippen LogP contribution in [0.1, 0.15) is 43.2 Å². The van der Waals surface area contributed by atoms with Crippen molar-refractivity contribution in [2.75, 3.05) is 26.2 Å². The first-order valence-electron chi connectivity index (χ1n) is 10.8. The van der Waals surface area contributed by atoms with Crippen LogP contribution in [-0.4, -0.2) is 42.5 Å². The van der Waals surface area contributed by atoms with Crippen LogP contribution < -0.4 is 10.5 Å². The third kappa shape index (κ3) is 8.59. The van der Waals surface area contributed by atoms with Gasteiger partial charge in [0.15, 0.2) is 5.17 Å². The summed E-state index contributed by atoms with van der Waals surface area (Å²) in [4.78, 5) is 2.58. The summed E-state index contributed by atoms with van der Waals surface area (Å²) in [5, 5.41) is 8.60. The summed E-state index contributed by atoms with van der Waals surface area (Å²) in [5.74, 6) is 1.68. The molecule has 0 amide bonds. The minimum atomic E-state index is 0.458. The van der Waals surface area contributed by atoms with Gasteiger partial charge in [-0.3, -0.25) is 0 Å². The molecular formula is C24H32N4OS. The summed E-state index contributed by atoms with van der Waals surface area (Å²) in [6.07, 6.45) is 8.11. The zero-order valence-corrected chi connectivity index (χ0v) is 18.4. The molecule has 0 atom stereocenters. The van der Waals surface area contributed by atoms with E-state index in [2.05, 4.69) is 27.2 Å². The Balaban J connectivity index is 1.32. The highest BCUT2D eigenvalue weighted by Gasteiger charge is 2.08. The van der Waals surface area contributed by atoms with Crippen molar-refractivity contribution in [3.05, 3.63) is 65.7 Å². The zero-order valence-electron chi connectivity index (χ0n) is 17.6. The smallest absolute Gasteiger partial charge is 0.180 e. The van der Waals surface area contributed by atoms with Crippen molar-refractivity contribution in [1.82, 2.24) is 4.90 Å². The molecule has 1 aliphatic heterocycles. The van der Waals surface area contributed by atoms with Gasteiger partial charge in [-0.15, -0.1) is 5.10 Å². The van der Waals surface area contributed by atoms with Crippen molar-refractivity contribution in [3.63, 3.8) is 0 Å². The minimum Gasteiger partial charge on any atom is -0.494 e. The maximum atomic E-state index is 5.91. The molecule has 5 nitrogen and oxygen atoms in total. The number of benzene rings is 2. The highest BCUT2D eigenvalue weighted by atomic mass is 32.2. The van der Waals surface area contributed by atoms with Crippen LogP contribution in [0.5, 0.6) is 5.75 Å². The fraction of sp³-hybridized carbons (Fsp3) is 0.417. The number of amidine groups is 1. The van der Waals surface area contributed by atoms with E-state index in [1.165, 1.54) is 62.6 Å². The van der Waals surface area contributed by atoms with E-state index in [0.717, 1.165) is 30.1 Å². The van der Waals surface area contributed by atoms with Gasteiger partial charge in [0.25, 0.3) is 0 Å². The summed E-state index contributed by atoms with van der Waals surface area (Å²) in [6.45, 7) is 4.50. The Kier molecular flexibility index (Phi) is 9.76. The molecule has 2 aromatic carbocycles. The van der Waals surface area contributed by atoms with Gasteiger partial charge in [-0.1, -0.05) is 48.5 Å². The lowest BCUT2D eigenvalue weighted by Crippen LogP contribution is -2.30. The summed E-state index contributed by atoms with van der Waals surface area (Å²) in [5.41, 5.74) is 8.10. The quantitative estimate of drug-likeness (QED) is 0.255. The van der Waals surface area contributed by atoms with Crippen LogP contribution in [0.15, 0.2) is 64.8 Å². The van der Waals surface area contributed by atoms with Crippen molar-refractivity contribution < 1.29 is 4.74 Å². The van der Waals surface area contributed by atoms with Crippen LogP contribution in [0, 0.1) is 0 Å². The van der Waals surface area contributed by atoms with Crippen LogP contribution in [0.2, 0.25) is 0 Å². The first kappa shape index (κ1) is 22.4. The maximum absolute atomic E-state index is 5.91. The summed E-state index contributed by atoms with van der Waals surface area (Å²) >= 11 is 1.48. The van der Waals surface area contributed by atoms with Gasteiger partial charge in [0.1, 0.15) is 5.75 Å². The van der Waals surface area contributed by atoms with Gasteiger partial charge >= 0.3 is 0 Å². The maximum Gasteiger partial charge on any atom is 0.180 e. The van der Waals surface area contributed by atoms with Crippen LogP contribution in [0.4, 0.5) is 0 Å². The molecule has 2 N–H and O–H groups in total. The number of hydrogen-bond donors (Lipinski definition) is 1. The van der Waals surface area contributed by atoms with Crippen LogP contribution in [0.25, 0.3) is 0 Å². The molecule has 30 heavy (non-hydrogen) atoms. The van der Waals surface area contributed by atoms with Gasteiger partial charge in [-0.05, 0) is 80.7 Å². The molecule has 1 saturated heterocycles. The molecular weight excluding hydrogens is 392 g/mol. The lowest BCUT2D eigenvalue weighted by molar-refractivity contribution is 0.216. The fourth-order valence-corrected chi connectivity index (χ4v) is 3.99. The molecule has 0 unspecified atom stereocenters. The van der Waals surface area contributed by atoms with Gasteiger partial charge in [0.2, 0.25) is 0 Å². The number of hydrogen-bond acceptors (Lipinski definition) is 5. The Morgan fingerprint density at radius 1 is 1.00 bits per heavy atom. The molecule has 2 aromatic rings. The van der Waals surface area contributed by atoms with Crippen molar-refractivity contribution in [3.8, 4) is 5.75 Å². The van der Waals surface area contributed by atoms with Gasteiger partial charge in [0, 0.05) is 5.75 Å². The van der Waals surface area contributed by atoms with Gasteiger partial charge in [-0.25, -0.2) is 0 Å². The number of likely N-dealkylation sites (tertiary alicyclic amines) is 1. The predicted molar refractivity (Wildman–Crippen MR) is 128 cm³/mol. The highest BCUT2D eigenvalue weighted by molar-refractivity contribution is 8.13. The minimum absolute atomic E-state index is 0.458. The van der Waals surface area contributed by atoms with E-state index in [-0.39, 0.29) is 0 Å². The molecule has 0 aromatic heterocycles. The first-order valence-corrected chi connectivity index (χ1v) is 11.8. The second-order valence-electron chi connectivity index (χ2n) is 7.48. The Morgan fingerprint density at radius 3 is 2.53 bits per heavy atom. The second-order valence-corrected chi connectivity index (χ2v) is 8.48. The summed E-state index contributed by atoms with van der Waals surface area (Å²) in [7, 11) is 0. The normalized spacial score (nSPS) is 15.5. The highest BCUT2D eigenvalue weighted by Crippen LogP contribution is 2.14. The van der Waals surface area contributed by atoms with E-state index in [9.17, 15) is 0 Å².